The van der Waals surface area contributed by atoms with Crippen LogP contribution in [0.4, 0.5) is 0 Å². The normalized spacial score (nSPS) is 16.1. The van der Waals surface area contributed by atoms with Crippen LogP contribution in [0.2, 0.25) is 0 Å². The minimum Gasteiger partial charge on any atom is -0.353 e. The fraction of sp³-hybridized carbons (Fsp3) is 0.500. The number of amides is 1. The third-order valence-electron chi connectivity index (χ3n) is 4.93. The molecule has 5 nitrogen and oxygen atoms in total. The second kappa shape index (κ2) is 7.83. The smallest absolute Gasteiger partial charge is 0.241 e. The maximum atomic E-state index is 12.4. The number of hydrogen-bond donors (Lipinski definition) is 1. The number of carbonyl (C=O) groups excluding carboxylic acids is 1. The summed E-state index contributed by atoms with van der Waals surface area (Å²) in [5, 5.41) is 7.48. The second-order valence-electron chi connectivity index (χ2n) is 7.06. The zero-order valence-corrected chi connectivity index (χ0v) is 15.5. The number of aryl methyl sites for hydroxylation is 3. The molecule has 0 spiro atoms. The lowest BCUT2D eigenvalue weighted by atomic mass is 10.0. The number of nitrogens with zero attached hydrogens (tertiary/aromatic N) is 3. The Morgan fingerprint density at radius 1 is 1.16 bits per heavy atom. The van der Waals surface area contributed by atoms with Crippen LogP contribution >= 0.6 is 0 Å². The van der Waals surface area contributed by atoms with E-state index in [-0.39, 0.29) is 18.5 Å². The van der Waals surface area contributed by atoms with E-state index in [1.165, 1.54) is 24.0 Å². The molecule has 1 atom stereocenters. The summed E-state index contributed by atoms with van der Waals surface area (Å²) in [5.74, 6) is 0.0162. The Labute approximate surface area is 150 Å². The van der Waals surface area contributed by atoms with Crippen molar-refractivity contribution in [2.24, 2.45) is 0 Å². The molecule has 0 aliphatic carbocycles. The molecule has 0 radical (unpaired) electrons. The van der Waals surface area contributed by atoms with Crippen LogP contribution in [0, 0.1) is 20.8 Å². The molecule has 1 aromatic heterocycles. The van der Waals surface area contributed by atoms with Crippen molar-refractivity contribution in [1.29, 1.82) is 0 Å². The molecule has 1 amide bonds. The van der Waals surface area contributed by atoms with Gasteiger partial charge in [0.05, 0.1) is 11.7 Å². The number of benzene rings is 1. The van der Waals surface area contributed by atoms with Crippen molar-refractivity contribution >= 4 is 5.91 Å². The molecule has 25 heavy (non-hydrogen) atoms. The molecule has 1 fully saturated rings. The predicted octanol–water partition coefficient (Wildman–Crippen LogP) is 2.76. The third-order valence-corrected chi connectivity index (χ3v) is 4.93. The number of likely N-dealkylation sites (tertiary alicyclic amines) is 1. The van der Waals surface area contributed by atoms with Crippen molar-refractivity contribution in [1.82, 2.24) is 20.0 Å². The number of aromatic nitrogens is 2. The van der Waals surface area contributed by atoms with Gasteiger partial charge in [0, 0.05) is 12.2 Å². The van der Waals surface area contributed by atoms with Gasteiger partial charge in [-0.3, -0.25) is 14.4 Å². The Kier molecular flexibility index (Phi) is 5.53. The summed E-state index contributed by atoms with van der Waals surface area (Å²) >= 11 is 0. The minimum absolute atomic E-state index is 0.0162. The van der Waals surface area contributed by atoms with Gasteiger partial charge < -0.3 is 5.32 Å². The minimum atomic E-state index is 0.0162. The molecule has 3 rings (SSSR count). The fourth-order valence-corrected chi connectivity index (χ4v) is 3.54. The monoisotopic (exact) mass is 340 g/mol. The van der Waals surface area contributed by atoms with E-state index in [0.717, 1.165) is 24.5 Å². The van der Waals surface area contributed by atoms with Crippen molar-refractivity contribution in [3.63, 3.8) is 0 Å². The van der Waals surface area contributed by atoms with Gasteiger partial charge in [-0.15, -0.1) is 0 Å². The first kappa shape index (κ1) is 17.7. The van der Waals surface area contributed by atoms with Gasteiger partial charge in [-0.05, 0) is 58.3 Å². The molecule has 2 aromatic rings. The first-order valence-corrected chi connectivity index (χ1v) is 9.11. The average molecular weight is 340 g/mol. The maximum Gasteiger partial charge on any atom is 0.241 e. The van der Waals surface area contributed by atoms with Crippen LogP contribution in [0.25, 0.3) is 0 Å². The van der Waals surface area contributed by atoms with Gasteiger partial charge in [0.1, 0.15) is 6.54 Å². The van der Waals surface area contributed by atoms with Gasteiger partial charge in [-0.2, -0.15) is 5.10 Å². The first-order valence-electron chi connectivity index (χ1n) is 9.11. The van der Waals surface area contributed by atoms with Gasteiger partial charge in [0.15, 0.2) is 0 Å². The van der Waals surface area contributed by atoms with Crippen molar-refractivity contribution < 1.29 is 4.79 Å². The number of nitrogens with one attached hydrogen (secondary N) is 1. The van der Waals surface area contributed by atoms with E-state index in [0.29, 0.717) is 6.54 Å². The van der Waals surface area contributed by atoms with Crippen LogP contribution in [0.15, 0.2) is 30.3 Å². The standard InChI is InChI=1S/C20H28N4O/c1-15-6-8-18(9-7-15)19(23-10-4-5-11-23)13-21-20(25)14-24-17(3)12-16(2)22-24/h6-9,12,19H,4-5,10-11,13-14H2,1-3H3,(H,21,25). The Morgan fingerprint density at radius 3 is 2.44 bits per heavy atom. The zero-order chi connectivity index (χ0) is 17.8. The molecule has 1 aliphatic heterocycles. The van der Waals surface area contributed by atoms with Crippen molar-refractivity contribution in [3.05, 3.63) is 52.8 Å². The summed E-state index contributed by atoms with van der Waals surface area (Å²) in [6.07, 6.45) is 2.48. The molecule has 1 aliphatic rings. The topological polar surface area (TPSA) is 50.2 Å². The molecule has 1 N–H and O–H groups in total. The van der Waals surface area contributed by atoms with Crippen LogP contribution in [0.1, 0.15) is 41.4 Å². The Balaban J connectivity index is 1.64. The maximum absolute atomic E-state index is 12.4. The zero-order valence-electron chi connectivity index (χ0n) is 15.5. The molecule has 134 valence electrons. The Bertz CT molecular complexity index is 714. The van der Waals surface area contributed by atoms with Crippen LogP contribution < -0.4 is 5.32 Å². The van der Waals surface area contributed by atoms with Crippen molar-refractivity contribution in [2.75, 3.05) is 19.6 Å². The van der Waals surface area contributed by atoms with E-state index in [2.05, 4.69) is 46.5 Å². The van der Waals surface area contributed by atoms with Gasteiger partial charge >= 0.3 is 0 Å². The molecular formula is C20H28N4O. The van der Waals surface area contributed by atoms with E-state index in [9.17, 15) is 4.79 Å². The lowest BCUT2D eigenvalue weighted by Crippen LogP contribution is -2.38. The van der Waals surface area contributed by atoms with E-state index in [1.54, 1.807) is 4.68 Å². The molecule has 1 aromatic carbocycles. The summed E-state index contributed by atoms with van der Waals surface area (Å²) in [6, 6.07) is 10.9. The lowest BCUT2D eigenvalue weighted by Gasteiger charge is -2.28. The Morgan fingerprint density at radius 2 is 1.84 bits per heavy atom. The fourth-order valence-electron chi connectivity index (χ4n) is 3.54. The molecule has 5 heteroatoms. The summed E-state index contributed by atoms with van der Waals surface area (Å²) in [5.41, 5.74) is 4.50. The van der Waals surface area contributed by atoms with Gasteiger partial charge in [0.25, 0.3) is 0 Å². The Hall–Kier alpha value is -2.14. The lowest BCUT2D eigenvalue weighted by molar-refractivity contribution is -0.122. The van der Waals surface area contributed by atoms with Crippen LogP contribution in [0.3, 0.4) is 0 Å². The first-order chi connectivity index (χ1) is 12.0. The molecular weight excluding hydrogens is 312 g/mol. The number of hydrogen-bond acceptors (Lipinski definition) is 3. The summed E-state index contributed by atoms with van der Waals surface area (Å²) in [7, 11) is 0. The van der Waals surface area contributed by atoms with Crippen LogP contribution in [-0.4, -0.2) is 40.2 Å². The van der Waals surface area contributed by atoms with Crippen molar-refractivity contribution in [2.45, 2.75) is 46.2 Å². The quantitative estimate of drug-likeness (QED) is 0.880. The van der Waals surface area contributed by atoms with E-state index in [1.807, 2.05) is 19.9 Å². The van der Waals surface area contributed by atoms with Crippen LogP contribution in [0.5, 0.6) is 0 Å². The summed E-state index contributed by atoms with van der Waals surface area (Å²) < 4.78 is 1.77. The van der Waals surface area contributed by atoms with E-state index < -0.39 is 0 Å². The highest BCUT2D eigenvalue weighted by Gasteiger charge is 2.24. The number of carbonyl (C=O) groups is 1. The van der Waals surface area contributed by atoms with Gasteiger partial charge in [0.2, 0.25) is 5.91 Å². The highest BCUT2D eigenvalue weighted by molar-refractivity contribution is 5.75. The molecule has 1 unspecified atom stereocenters. The SMILES string of the molecule is Cc1ccc(C(CNC(=O)Cn2nc(C)cc2C)N2CCCC2)cc1. The average Bonchev–Trinajstić information content (AvgIpc) is 3.20. The van der Waals surface area contributed by atoms with Gasteiger partial charge in [-0.25, -0.2) is 0 Å². The molecule has 1 saturated heterocycles. The van der Waals surface area contributed by atoms with E-state index >= 15 is 0 Å². The van der Waals surface area contributed by atoms with E-state index in [4.69, 9.17) is 0 Å². The largest absolute Gasteiger partial charge is 0.353 e. The molecule has 0 saturated carbocycles. The summed E-state index contributed by atoms with van der Waals surface area (Å²) in [4.78, 5) is 14.9. The molecule has 0 bridgehead atoms. The predicted molar refractivity (Wildman–Crippen MR) is 99.4 cm³/mol. The molecule has 2 heterocycles. The third kappa shape index (κ3) is 4.48. The highest BCUT2D eigenvalue weighted by Crippen LogP contribution is 2.24. The second-order valence-corrected chi connectivity index (χ2v) is 7.06. The highest BCUT2D eigenvalue weighted by atomic mass is 16.2. The van der Waals surface area contributed by atoms with Crippen LogP contribution in [-0.2, 0) is 11.3 Å². The number of rotatable bonds is 6. The summed E-state index contributed by atoms with van der Waals surface area (Å²) in [6.45, 7) is 9.15. The van der Waals surface area contributed by atoms with Gasteiger partial charge in [-0.1, -0.05) is 29.8 Å². The van der Waals surface area contributed by atoms with Crippen molar-refractivity contribution in [3.8, 4) is 0 Å².